The summed E-state index contributed by atoms with van der Waals surface area (Å²) in [6.07, 6.45) is 4.03. The lowest BCUT2D eigenvalue weighted by atomic mass is 10.2. The number of hydrogen-bond donors (Lipinski definition) is 2. The van der Waals surface area contributed by atoms with Crippen molar-refractivity contribution in [2.24, 2.45) is 5.10 Å². The Hall–Kier alpha value is -1.70. The lowest BCUT2D eigenvalue weighted by Crippen LogP contribution is -2.37. The van der Waals surface area contributed by atoms with E-state index in [0.717, 1.165) is 35.2 Å². The van der Waals surface area contributed by atoms with E-state index >= 15 is 0 Å². The fraction of sp³-hybridized carbons (Fsp3) is 0.294. The molecule has 0 aliphatic carbocycles. The highest BCUT2D eigenvalue weighted by molar-refractivity contribution is 9.10. The van der Waals surface area contributed by atoms with Crippen LogP contribution in [0.4, 0.5) is 0 Å². The molecular formula is C17H18BrN3O2S. The molecular weight excluding hydrogens is 390 g/mol. The van der Waals surface area contributed by atoms with Crippen molar-refractivity contribution < 1.29 is 9.15 Å². The number of halogens is 1. The zero-order chi connectivity index (χ0) is 16.8. The quantitative estimate of drug-likeness (QED) is 0.449. The summed E-state index contributed by atoms with van der Waals surface area (Å²) in [5, 5.41) is 7.66. The van der Waals surface area contributed by atoms with Gasteiger partial charge in [-0.1, -0.05) is 34.1 Å². The maximum atomic E-state index is 5.77. The van der Waals surface area contributed by atoms with Crippen LogP contribution in [0.15, 0.2) is 50.4 Å². The van der Waals surface area contributed by atoms with Gasteiger partial charge in [-0.3, -0.25) is 5.43 Å². The van der Waals surface area contributed by atoms with E-state index in [-0.39, 0.29) is 6.10 Å². The number of nitrogens with one attached hydrogen (secondary N) is 2. The molecule has 1 aromatic heterocycles. The average Bonchev–Trinajstić information content (AvgIpc) is 3.25. The summed E-state index contributed by atoms with van der Waals surface area (Å²) in [6.45, 7) is 1.54. The van der Waals surface area contributed by atoms with E-state index in [1.54, 1.807) is 6.21 Å². The maximum Gasteiger partial charge on any atom is 0.187 e. The number of benzene rings is 1. The third-order valence-electron chi connectivity index (χ3n) is 3.64. The van der Waals surface area contributed by atoms with Crippen LogP contribution in [0.5, 0.6) is 0 Å². The van der Waals surface area contributed by atoms with Gasteiger partial charge >= 0.3 is 0 Å². The van der Waals surface area contributed by atoms with Gasteiger partial charge in [0.25, 0.3) is 0 Å². The molecule has 7 heteroatoms. The first-order chi connectivity index (χ1) is 11.7. The van der Waals surface area contributed by atoms with Crippen molar-refractivity contribution in [2.45, 2.75) is 18.9 Å². The summed E-state index contributed by atoms with van der Waals surface area (Å²) >= 11 is 8.69. The predicted octanol–water partition coefficient (Wildman–Crippen LogP) is 3.69. The van der Waals surface area contributed by atoms with Gasteiger partial charge in [0, 0.05) is 23.2 Å². The molecule has 0 unspecified atom stereocenters. The molecule has 0 radical (unpaired) electrons. The van der Waals surface area contributed by atoms with Gasteiger partial charge in [-0.25, -0.2) is 0 Å². The molecule has 2 heterocycles. The smallest absolute Gasteiger partial charge is 0.187 e. The third-order valence-corrected chi connectivity index (χ3v) is 4.57. The Kier molecular flexibility index (Phi) is 6.01. The fourth-order valence-corrected chi connectivity index (χ4v) is 3.05. The zero-order valence-electron chi connectivity index (χ0n) is 13.0. The summed E-state index contributed by atoms with van der Waals surface area (Å²) in [5.74, 6) is 1.43. The van der Waals surface area contributed by atoms with E-state index in [1.807, 2.05) is 36.4 Å². The Balaban J connectivity index is 1.50. The molecule has 1 aromatic carbocycles. The van der Waals surface area contributed by atoms with Crippen LogP contribution in [0.25, 0.3) is 11.3 Å². The van der Waals surface area contributed by atoms with Gasteiger partial charge < -0.3 is 14.5 Å². The highest BCUT2D eigenvalue weighted by Gasteiger charge is 2.15. The summed E-state index contributed by atoms with van der Waals surface area (Å²) in [5.41, 5.74) is 3.78. The normalized spacial score (nSPS) is 17.3. The Morgan fingerprint density at radius 1 is 1.33 bits per heavy atom. The number of nitrogens with zero attached hydrogens (tertiary/aromatic N) is 1. The Morgan fingerprint density at radius 3 is 3.00 bits per heavy atom. The SMILES string of the molecule is S=C(NC[C@@H]1CCCO1)N/N=C\c1ccc(-c2ccccc2Br)o1. The minimum absolute atomic E-state index is 0.241. The lowest BCUT2D eigenvalue weighted by Gasteiger charge is -2.11. The van der Waals surface area contributed by atoms with E-state index in [9.17, 15) is 0 Å². The predicted molar refractivity (Wildman–Crippen MR) is 102 cm³/mol. The molecule has 1 saturated heterocycles. The van der Waals surface area contributed by atoms with Crippen LogP contribution < -0.4 is 10.7 Å². The molecule has 24 heavy (non-hydrogen) atoms. The van der Waals surface area contributed by atoms with Crippen LogP contribution >= 0.6 is 28.1 Å². The number of ether oxygens (including phenoxy) is 1. The first-order valence-electron chi connectivity index (χ1n) is 7.75. The largest absolute Gasteiger partial charge is 0.455 e. The highest BCUT2D eigenvalue weighted by Crippen LogP contribution is 2.28. The molecule has 0 saturated carbocycles. The molecule has 1 atom stereocenters. The molecule has 2 N–H and O–H groups in total. The van der Waals surface area contributed by atoms with E-state index in [1.165, 1.54) is 0 Å². The van der Waals surface area contributed by atoms with Crippen LogP contribution in [0.1, 0.15) is 18.6 Å². The van der Waals surface area contributed by atoms with Crippen LogP contribution in [0.2, 0.25) is 0 Å². The molecule has 0 bridgehead atoms. The second-order valence-electron chi connectivity index (χ2n) is 5.40. The fourth-order valence-electron chi connectivity index (χ4n) is 2.43. The molecule has 0 amide bonds. The van der Waals surface area contributed by atoms with Gasteiger partial charge in [-0.2, -0.15) is 5.10 Å². The van der Waals surface area contributed by atoms with Crippen molar-refractivity contribution in [3.63, 3.8) is 0 Å². The monoisotopic (exact) mass is 407 g/mol. The molecule has 3 rings (SSSR count). The Bertz CT molecular complexity index is 726. The summed E-state index contributed by atoms with van der Waals surface area (Å²) in [4.78, 5) is 0. The second-order valence-corrected chi connectivity index (χ2v) is 6.66. The van der Waals surface area contributed by atoms with E-state index in [4.69, 9.17) is 21.4 Å². The molecule has 0 spiro atoms. The summed E-state index contributed by atoms with van der Waals surface area (Å²) < 4.78 is 12.3. The number of hydrazone groups is 1. The van der Waals surface area contributed by atoms with E-state index < -0.39 is 0 Å². The van der Waals surface area contributed by atoms with Crippen LogP contribution in [-0.2, 0) is 4.74 Å². The number of hydrogen-bond acceptors (Lipinski definition) is 4. The zero-order valence-corrected chi connectivity index (χ0v) is 15.4. The minimum atomic E-state index is 0.241. The van der Waals surface area contributed by atoms with Crippen molar-refractivity contribution in [3.8, 4) is 11.3 Å². The number of thiocarbonyl (C=S) groups is 1. The van der Waals surface area contributed by atoms with Crippen molar-refractivity contribution in [2.75, 3.05) is 13.2 Å². The van der Waals surface area contributed by atoms with Gasteiger partial charge in [-0.05, 0) is 43.3 Å². The number of rotatable bonds is 5. The third kappa shape index (κ3) is 4.66. The molecule has 1 aliphatic rings. The second kappa shape index (κ2) is 8.41. The Labute approximate surface area is 154 Å². The van der Waals surface area contributed by atoms with Gasteiger partial charge in [0.05, 0.1) is 12.3 Å². The van der Waals surface area contributed by atoms with Crippen LogP contribution in [0.3, 0.4) is 0 Å². The number of furan rings is 1. The molecule has 1 fully saturated rings. The Morgan fingerprint density at radius 2 is 2.21 bits per heavy atom. The van der Waals surface area contributed by atoms with Crippen molar-refractivity contribution >= 4 is 39.5 Å². The molecule has 5 nitrogen and oxygen atoms in total. The minimum Gasteiger partial charge on any atom is -0.455 e. The van der Waals surface area contributed by atoms with Crippen molar-refractivity contribution in [1.82, 2.24) is 10.7 Å². The van der Waals surface area contributed by atoms with Crippen molar-refractivity contribution in [1.29, 1.82) is 0 Å². The molecule has 1 aliphatic heterocycles. The van der Waals surface area contributed by atoms with E-state index in [0.29, 0.717) is 17.4 Å². The van der Waals surface area contributed by atoms with Crippen molar-refractivity contribution in [3.05, 3.63) is 46.6 Å². The van der Waals surface area contributed by atoms with Gasteiger partial charge in [0.15, 0.2) is 5.11 Å². The highest BCUT2D eigenvalue weighted by atomic mass is 79.9. The summed E-state index contributed by atoms with van der Waals surface area (Å²) in [6, 6.07) is 11.7. The van der Waals surface area contributed by atoms with Gasteiger partial charge in [-0.15, -0.1) is 0 Å². The van der Waals surface area contributed by atoms with Gasteiger partial charge in [0.1, 0.15) is 11.5 Å². The molecule has 126 valence electrons. The first-order valence-corrected chi connectivity index (χ1v) is 8.96. The standard InChI is InChI=1S/C17H18BrN3O2S/c18-15-6-2-1-5-14(15)16-8-7-13(23-16)11-20-21-17(24)19-10-12-4-3-9-22-12/h1-2,5-8,11-12H,3-4,9-10H2,(H2,19,21,24)/b20-11-/t12-/m0/s1. The topological polar surface area (TPSA) is 58.8 Å². The molecule has 2 aromatic rings. The van der Waals surface area contributed by atoms with Crippen LogP contribution in [0, 0.1) is 0 Å². The lowest BCUT2D eigenvalue weighted by molar-refractivity contribution is 0.114. The van der Waals surface area contributed by atoms with Gasteiger partial charge in [0.2, 0.25) is 0 Å². The van der Waals surface area contributed by atoms with E-state index in [2.05, 4.69) is 31.8 Å². The summed E-state index contributed by atoms with van der Waals surface area (Å²) in [7, 11) is 0. The first kappa shape index (κ1) is 17.1. The maximum absolute atomic E-state index is 5.77. The van der Waals surface area contributed by atoms with Crippen LogP contribution in [-0.4, -0.2) is 30.6 Å². The average molecular weight is 408 g/mol.